The molecule has 0 aliphatic rings. The van der Waals surface area contributed by atoms with Crippen LogP contribution in [-0.4, -0.2) is 4.57 Å². The van der Waals surface area contributed by atoms with Crippen molar-refractivity contribution < 1.29 is 9.13 Å². The van der Waals surface area contributed by atoms with E-state index in [1.54, 1.807) is 0 Å². The second-order valence-corrected chi connectivity index (χ2v) is 16.2. The molecule has 0 amide bonds. The molecule has 43 heavy (non-hydrogen) atoms. The molecule has 1 aromatic heterocycles. The molecular formula is C38H31NO2P2. The van der Waals surface area contributed by atoms with Gasteiger partial charge >= 0.3 is 0 Å². The average molecular weight is 596 g/mol. The predicted molar refractivity (Wildman–Crippen MR) is 184 cm³/mol. The zero-order valence-corrected chi connectivity index (χ0v) is 25.7. The van der Waals surface area contributed by atoms with Gasteiger partial charge in [0.05, 0.1) is 0 Å². The molecule has 0 aliphatic heterocycles. The summed E-state index contributed by atoms with van der Waals surface area (Å²) in [5.74, 6) is 0. The van der Waals surface area contributed by atoms with Crippen LogP contribution in [0.25, 0.3) is 21.8 Å². The Bertz CT molecular complexity index is 1920. The molecular weight excluding hydrogens is 564 g/mol. The minimum Gasteiger partial charge on any atom is -0.341 e. The molecule has 0 saturated carbocycles. The number of fused-ring (bicyclic) bond motifs is 3. The summed E-state index contributed by atoms with van der Waals surface area (Å²) >= 11 is 0. The maximum absolute atomic E-state index is 15.1. The van der Waals surface area contributed by atoms with Crippen molar-refractivity contribution in [1.82, 2.24) is 4.57 Å². The van der Waals surface area contributed by atoms with E-state index in [2.05, 4.69) is 35.8 Å². The van der Waals surface area contributed by atoms with E-state index in [0.717, 1.165) is 60.2 Å². The normalized spacial score (nSPS) is 12.1. The highest BCUT2D eigenvalue weighted by Crippen LogP contribution is 2.45. The van der Waals surface area contributed by atoms with Gasteiger partial charge in [-0.05, 0) is 19.1 Å². The second-order valence-electron chi connectivity index (χ2n) is 10.7. The quantitative estimate of drug-likeness (QED) is 0.185. The van der Waals surface area contributed by atoms with Crippen LogP contribution >= 0.6 is 14.3 Å². The minimum absolute atomic E-state index is 0.717. The topological polar surface area (TPSA) is 39.1 Å². The standard InChI is InChI=1S/C38H31NO2P2/c1-2-39-37-27-33(42(40,29-15-7-3-8-16-29)30-17-9-4-10-18-30)23-25-35(37)36-26-24-34(28-38(36)39)43(41,31-19-11-5-12-20-31)32-21-13-6-14-22-32/h3-28H,2H2,1H3. The molecule has 210 valence electrons. The second kappa shape index (κ2) is 11.0. The molecule has 7 aromatic rings. The van der Waals surface area contributed by atoms with Crippen LogP contribution in [0, 0.1) is 0 Å². The zero-order chi connectivity index (χ0) is 29.4. The summed E-state index contributed by atoms with van der Waals surface area (Å²) in [5.41, 5.74) is 2.04. The summed E-state index contributed by atoms with van der Waals surface area (Å²) in [7, 11) is -6.26. The van der Waals surface area contributed by atoms with E-state index in [1.165, 1.54) is 0 Å². The molecule has 0 unspecified atom stereocenters. The van der Waals surface area contributed by atoms with E-state index in [1.807, 2.05) is 133 Å². The first kappa shape index (κ1) is 27.4. The number of hydrogen-bond acceptors (Lipinski definition) is 2. The van der Waals surface area contributed by atoms with Crippen molar-refractivity contribution >= 4 is 67.9 Å². The van der Waals surface area contributed by atoms with Crippen LogP contribution in [0.1, 0.15) is 6.92 Å². The van der Waals surface area contributed by atoms with E-state index < -0.39 is 14.3 Å². The van der Waals surface area contributed by atoms with Gasteiger partial charge in [-0.25, -0.2) is 0 Å². The molecule has 6 aromatic carbocycles. The molecule has 0 N–H and O–H groups in total. The molecule has 0 spiro atoms. The molecule has 1 heterocycles. The van der Waals surface area contributed by atoms with Crippen LogP contribution in [0.3, 0.4) is 0 Å². The average Bonchev–Trinajstić information content (AvgIpc) is 3.41. The zero-order valence-electron chi connectivity index (χ0n) is 23.9. The Hall–Kier alpha value is -4.42. The van der Waals surface area contributed by atoms with Gasteiger partial charge in [0.1, 0.15) is 0 Å². The van der Waals surface area contributed by atoms with Crippen molar-refractivity contribution in [1.29, 1.82) is 0 Å². The lowest BCUT2D eigenvalue weighted by Gasteiger charge is -2.20. The van der Waals surface area contributed by atoms with Crippen LogP contribution in [0.5, 0.6) is 0 Å². The van der Waals surface area contributed by atoms with E-state index in [-0.39, 0.29) is 0 Å². The van der Waals surface area contributed by atoms with Gasteiger partial charge < -0.3 is 13.7 Å². The van der Waals surface area contributed by atoms with E-state index in [9.17, 15) is 0 Å². The first-order valence-corrected chi connectivity index (χ1v) is 18.0. The summed E-state index contributed by atoms with van der Waals surface area (Å²) in [6, 6.07) is 51.6. The van der Waals surface area contributed by atoms with Crippen molar-refractivity contribution in [2.45, 2.75) is 13.5 Å². The van der Waals surface area contributed by atoms with Gasteiger partial charge in [-0.15, -0.1) is 0 Å². The number of aryl methyl sites for hydroxylation is 1. The van der Waals surface area contributed by atoms with Gasteiger partial charge in [-0.1, -0.05) is 146 Å². The Morgan fingerprint density at radius 2 is 0.721 bits per heavy atom. The Labute approximate surface area is 252 Å². The number of hydrogen-bond donors (Lipinski definition) is 0. The van der Waals surface area contributed by atoms with Gasteiger partial charge in [-0.2, -0.15) is 0 Å². The molecule has 5 heteroatoms. The fraction of sp³-hybridized carbons (Fsp3) is 0.0526. The highest BCUT2D eigenvalue weighted by Gasteiger charge is 2.32. The summed E-state index contributed by atoms with van der Waals surface area (Å²) in [6.07, 6.45) is 0. The highest BCUT2D eigenvalue weighted by molar-refractivity contribution is 7.85. The van der Waals surface area contributed by atoms with E-state index >= 15 is 9.13 Å². The van der Waals surface area contributed by atoms with Gasteiger partial charge in [0.25, 0.3) is 0 Å². The Morgan fingerprint density at radius 3 is 1.00 bits per heavy atom. The largest absolute Gasteiger partial charge is 0.341 e. The van der Waals surface area contributed by atoms with Crippen molar-refractivity contribution in [3.63, 3.8) is 0 Å². The summed E-state index contributed by atoms with van der Waals surface area (Å²) in [5, 5.41) is 7.04. The lowest BCUT2D eigenvalue weighted by Crippen LogP contribution is -2.25. The molecule has 0 fully saturated rings. The third-order valence-corrected chi connectivity index (χ3v) is 14.5. The molecule has 0 radical (unpaired) electrons. The molecule has 0 aliphatic carbocycles. The first-order valence-electron chi connectivity index (χ1n) is 14.5. The number of nitrogens with zero attached hydrogens (tertiary/aromatic N) is 1. The Kier molecular flexibility index (Phi) is 7.02. The van der Waals surface area contributed by atoms with Crippen LogP contribution in [-0.2, 0) is 15.7 Å². The third kappa shape index (κ3) is 4.43. The fourth-order valence-electron chi connectivity index (χ4n) is 6.25. The van der Waals surface area contributed by atoms with E-state index in [4.69, 9.17) is 0 Å². The maximum Gasteiger partial charge on any atom is 0.171 e. The number of benzene rings is 6. The van der Waals surface area contributed by atoms with Crippen LogP contribution in [0.2, 0.25) is 0 Å². The Balaban J connectivity index is 1.47. The molecule has 7 rings (SSSR count). The minimum atomic E-state index is -3.13. The van der Waals surface area contributed by atoms with Crippen molar-refractivity contribution in [3.8, 4) is 0 Å². The summed E-state index contributed by atoms with van der Waals surface area (Å²) in [6.45, 7) is 2.84. The molecule has 0 bridgehead atoms. The van der Waals surface area contributed by atoms with Crippen LogP contribution in [0.4, 0.5) is 0 Å². The SMILES string of the molecule is CCn1c2cc(P(=O)(c3ccccc3)c3ccccc3)ccc2c2ccc(P(=O)(c3ccccc3)c3ccccc3)cc21. The van der Waals surface area contributed by atoms with Crippen molar-refractivity contribution in [2.24, 2.45) is 0 Å². The van der Waals surface area contributed by atoms with Crippen molar-refractivity contribution in [2.75, 3.05) is 0 Å². The number of aromatic nitrogens is 1. The predicted octanol–water partition coefficient (Wildman–Crippen LogP) is 7.09. The fourth-order valence-corrected chi connectivity index (χ4v) is 11.6. The first-order chi connectivity index (χ1) is 21.0. The molecule has 3 nitrogen and oxygen atoms in total. The van der Waals surface area contributed by atoms with Gasteiger partial charge in [0.2, 0.25) is 0 Å². The molecule has 0 atom stereocenters. The number of rotatable bonds is 7. The monoisotopic (exact) mass is 595 g/mol. The van der Waals surface area contributed by atoms with Crippen LogP contribution in [0.15, 0.2) is 158 Å². The summed E-state index contributed by atoms with van der Waals surface area (Å²) < 4.78 is 32.5. The van der Waals surface area contributed by atoms with E-state index in [0.29, 0.717) is 0 Å². The lowest BCUT2D eigenvalue weighted by molar-refractivity contribution is 0.591. The van der Waals surface area contributed by atoms with Gasteiger partial charge in [-0.3, -0.25) is 0 Å². The van der Waals surface area contributed by atoms with Gasteiger partial charge in [0, 0.05) is 60.2 Å². The van der Waals surface area contributed by atoms with Gasteiger partial charge in [0.15, 0.2) is 14.3 Å². The summed E-state index contributed by atoms with van der Waals surface area (Å²) in [4.78, 5) is 0. The lowest BCUT2D eigenvalue weighted by atomic mass is 10.1. The maximum atomic E-state index is 15.1. The highest BCUT2D eigenvalue weighted by atomic mass is 31.2. The molecule has 0 saturated heterocycles. The third-order valence-electron chi connectivity index (χ3n) is 8.36. The van der Waals surface area contributed by atoms with Crippen LogP contribution < -0.4 is 31.8 Å². The smallest absolute Gasteiger partial charge is 0.171 e. The van der Waals surface area contributed by atoms with Crippen molar-refractivity contribution in [3.05, 3.63) is 158 Å². The Morgan fingerprint density at radius 1 is 0.419 bits per heavy atom.